The van der Waals surface area contributed by atoms with E-state index in [1.54, 1.807) is 6.07 Å². The predicted molar refractivity (Wildman–Crippen MR) is 65.1 cm³/mol. The fraction of sp³-hybridized carbons (Fsp3) is 0.545. The lowest BCUT2D eigenvalue weighted by atomic mass is 10.1. The van der Waals surface area contributed by atoms with Crippen molar-refractivity contribution in [1.29, 1.82) is 0 Å². The van der Waals surface area contributed by atoms with Crippen molar-refractivity contribution in [2.75, 3.05) is 18.4 Å². The van der Waals surface area contributed by atoms with Crippen LogP contribution < -0.4 is 10.6 Å². The first-order chi connectivity index (χ1) is 8.16. The molecule has 0 aromatic carbocycles. The van der Waals surface area contributed by atoms with Crippen LogP contribution in [0.5, 0.6) is 0 Å². The quantitative estimate of drug-likeness (QED) is 0.613. The van der Waals surface area contributed by atoms with Gasteiger partial charge in [-0.05, 0) is 38.4 Å². The average Bonchev–Trinajstić information content (AvgIpc) is 2.33. The molecule has 0 bridgehead atoms. The maximum absolute atomic E-state index is 10.6. The highest BCUT2D eigenvalue weighted by atomic mass is 16.6. The smallest absolute Gasteiger partial charge is 0.287 e. The Bertz CT molecular complexity index is 416. The van der Waals surface area contributed by atoms with E-state index in [9.17, 15) is 10.1 Å². The number of anilines is 1. The molecule has 1 aliphatic heterocycles. The second-order valence-corrected chi connectivity index (χ2v) is 4.28. The Hall–Kier alpha value is -1.69. The lowest BCUT2D eigenvalue weighted by molar-refractivity contribution is -0.385. The first-order valence-electron chi connectivity index (χ1n) is 5.75. The highest BCUT2D eigenvalue weighted by Crippen LogP contribution is 2.20. The van der Waals surface area contributed by atoms with Gasteiger partial charge in [0.2, 0.25) is 0 Å². The Balaban J connectivity index is 2.08. The van der Waals surface area contributed by atoms with E-state index in [2.05, 4.69) is 15.6 Å². The van der Waals surface area contributed by atoms with E-state index >= 15 is 0 Å². The van der Waals surface area contributed by atoms with Crippen molar-refractivity contribution in [3.63, 3.8) is 0 Å². The van der Waals surface area contributed by atoms with Crippen molar-refractivity contribution < 1.29 is 4.92 Å². The SMILES string of the molecule is Cc1cc([N+](=O)[O-])cnc1NC1CCNCC1. The molecule has 2 N–H and O–H groups in total. The largest absolute Gasteiger partial charge is 0.367 e. The molecule has 92 valence electrons. The minimum absolute atomic E-state index is 0.0401. The molecule has 17 heavy (non-hydrogen) atoms. The van der Waals surface area contributed by atoms with E-state index in [4.69, 9.17) is 0 Å². The summed E-state index contributed by atoms with van der Waals surface area (Å²) in [6.45, 7) is 3.84. The number of hydrogen-bond acceptors (Lipinski definition) is 5. The third kappa shape index (κ3) is 2.91. The van der Waals surface area contributed by atoms with Gasteiger partial charge in [0.15, 0.2) is 0 Å². The molecule has 1 fully saturated rings. The van der Waals surface area contributed by atoms with Gasteiger partial charge in [-0.1, -0.05) is 0 Å². The third-order valence-corrected chi connectivity index (χ3v) is 2.95. The van der Waals surface area contributed by atoms with E-state index in [1.807, 2.05) is 6.92 Å². The van der Waals surface area contributed by atoms with Crippen LogP contribution in [0.15, 0.2) is 12.3 Å². The zero-order valence-corrected chi connectivity index (χ0v) is 9.77. The number of nitrogens with zero attached hydrogens (tertiary/aromatic N) is 2. The monoisotopic (exact) mass is 236 g/mol. The van der Waals surface area contributed by atoms with Gasteiger partial charge in [0.05, 0.1) is 4.92 Å². The minimum Gasteiger partial charge on any atom is -0.367 e. The summed E-state index contributed by atoms with van der Waals surface area (Å²) < 4.78 is 0. The van der Waals surface area contributed by atoms with Gasteiger partial charge in [0.1, 0.15) is 12.0 Å². The van der Waals surface area contributed by atoms with Crippen molar-refractivity contribution >= 4 is 11.5 Å². The van der Waals surface area contributed by atoms with Gasteiger partial charge >= 0.3 is 0 Å². The Morgan fingerprint density at radius 1 is 1.53 bits per heavy atom. The fourth-order valence-electron chi connectivity index (χ4n) is 1.97. The average molecular weight is 236 g/mol. The summed E-state index contributed by atoms with van der Waals surface area (Å²) in [5.41, 5.74) is 0.857. The van der Waals surface area contributed by atoms with Crippen LogP contribution in [0.4, 0.5) is 11.5 Å². The van der Waals surface area contributed by atoms with Crippen LogP contribution in [0.3, 0.4) is 0 Å². The summed E-state index contributed by atoms with van der Waals surface area (Å²) in [6, 6.07) is 1.96. The van der Waals surface area contributed by atoms with Gasteiger partial charge in [-0.25, -0.2) is 4.98 Å². The second kappa shape index (κ2) is 5.09. The summed E-state index contributed by atoms with van der Waals surface area (Å²) in [5.74, 6) is 0.752. The highest BCUT2D eigenvalue weighted by Gasteiger charge is 2.15. The molecule has 1 aromatic rings. The topological polar surface area (TPSA) is 80.1 Å². The van der Waals surface area contributed by atoms with Crippen LogP contribution >= 0.6 is 0 Å². The standard InChI is InChI=1S/C11H16N4O2/c1-8-6-10(15(16)17)7-13-11(8)14-9-2-4-12-5-3-9/h6-7,9,12H,2-5H2,1H3,(H,13,14). The maximum Gasteiger partial charge on any atom is 0.287 e. The Labute approximate surface area is 99.6 Å². The fourth-order valence-corrected chi connectivity index (χ4v) is 1.97. The molecule has 2 rings (SSSR count). The first-order valence-corrected chi connectivity index (χ1v) is 5.75. The molecule has 1 aromatic heterocycles. The van der Waals surface area contributed by atoms with E-state index in [-0.39, 0.29) is 5.69 Å². The van der Waals surface area contributed by atoms with Crippen molar-refractivity contribution in [3.05, 3.63) is 27.9 Å². The van der Waals surface area contributed by atoms with E-state index in [0.29, 0.717) is 6.04 Å². The lowest BCUT2D eigenvalue weighted by Crippen LogP contribution is -2.35. The number of hydrogen-bond donors (Lipinski definition) is 2. The number of nitro groups is 1. The zero-order valence-electron chi connectivity index (χ0n) is 9.77. The molecule has 1 aliphatic rings. The third-order valence-electron chi connectivity index (χ3n) is 2.95. The van der Waals surface area contributed by atoms with Crippen molar-refractivity contribution in [2.45, 2.75) is 25.8 Å². The van der Waals surface area contributed by atoms with Crippen LogP contribution in [0.2, 0.25) is 0 Å². The maximum atomic E-state index is 10.6. The summed E-state index contributed by atoms with van der Waals surface area (Å²) in [4.78, 5) is 14.3. The molecular weight excluding hydrogens is 220 g/mol. The molecule has 0 radical (unpaired) electrons. The number of aromatic nitrogens is 1. The number of pyridine rings is 1. The molecule has 1 saturated heterocycles. The number of piperidine rings is 1. The molecule has 0 unspecified atom stereocenters. The molecule has 0 amide bonds. The molecule has 0 spiro atoms. The van der Waals surface area contributed by atoms with E-state index in [0.717, 1.165) is 37.3 Å². The summed E-state index contributed by atoms with van der Waals surface area (Å²) >= 11 is 0. The van der Waals surface area contributed by atoms with Gasteiger partial charge in [-0.2, -0.15) is 0 Å². The number of nitrogens with one attached hydrogen (secondary N) is 2. The van der Waals surface area contributed by atoms with Crippen molar-refractivity contribution in [2.24, 2.45) is 0 Å². The normalized spacial score (nSPS) is 16.8. The molecule has 2 heterocycles. The zero-order chi connectivity index (χ0) is 12.3. The Kier molecular flexibility index (Phi) is 3.53. The molecular formula is C11H16N4O2. The summed E-state index contributed by atoms with van der Waals surface area (Å²) in [5, 5.41) is 17.2. The Morgan fingerprint density at radius 2 is 2.24 bits per heavy atom. The predicted octanol–water partition coefficient (Wildman–Crippen LogP) is 1.46. The molecule has 6 nitrogen and oxygen atoms in total. The van der Waals surface area contributed by atoms with Crippen LogP contribution in [0.25, 0.3) is 0 Å². The molecule has 0 atom stereocenters. The van der Waals surface area contributed by atoms with Crippen LogP contribution in [-0.2, 0) is 0 Å². The van der Waals surface area contributed by atoms with Gasteiger partial charge in [-0.15, -0.1) is 0 Å². The van der Waals surface area contributed by atoms with Crippen LogP contribution in [0.1, 0.15) is 18.4 Å². The molecule has 0 aliphatic carbocycles. The Morgan fingerprint density at radius 3 is 2.82 bits per heavy atom. The van der Waals surface area contributed by atoms with Crippen LogP contribution in [-0.4, -0.2) is 29.0 Å². The highest BCUT2D eigenvalue weighted by molar-refractivity contribution is 5.48. The van der Waals surface area contributed by atoms with Crippen LogP contribution in [0, 0.1) is 17.0 Å². The molecule has 0 saturated carbocycles. The lowest BCUT2D eigenvalue weighted by Gasteiger charge is -2.24. The second-order valence-electron chi connectivity index (χ2n) is 4.28. The summed E-state index contributed by atoms with van der Waals surface area (Å²) in [7, 11) is 0. The van der Waals surface area contributed by atoms with Gasteiger partial charge < -0.3 is 10.6 Å². The first kappa shape index (κ1) is 11.8. The van der Waals surface area contributed by atoms with Crippen molar-refractivity contribution in [3.8, 4) is 0 Å². The minimum atomic E-state index is -0.422. The van der Waals surface area contributed by atoms with Crippen molar-refractivity contribution in [1.82, 2.24) is 10.3 Å². The van der Waals surface area contributed by atoms with E-state index in [1.165, 1.54) is 6.20 Å². The number of rotatable bonds is 3. The summed E-state index contributed by atoms with van der Waals surface area (Å²) in [6.07, 6.45) is 3.41. The van der Waals surface area contributed by atoms with Gasteiger partial charge in [0, 0.05) is 12.1 Å². The van der Waals surface area contributed by atoms with E-state index < -0.39 is 4.92 Å². The van der Waals surface area contributed by atoms with Gasteiger partial charge in [0.25, 0.3) is 5.69 Å². The molecule has 6 heteroatoms. The van der Waals surface area contributed by atoms with Gasteiger partial charge in [-0.3, -0.25) is 10.1 Å². The number of aryl methyl sites for hydroxylation is 1.